The number of nitrogens with zero attached hydrogens (tertiary/aromatic N) is 3. The van der Waals surface area contributed by atoms with Gasteiger partial charge in [-0.3, -0.25) is 14.0 Å². The molecule has 0 saturated heterocycles. The number of carbonyl (C=O) groups excluding carboxylic acids is 1. The number of aromatic nitrogens is 1. The number of nitriles is 1. The van der Waals surface area contributed by atoms with Gasteiger partial charge in [0, 0.05) is 23.4 Å². The molecule has 1 aromatic rings. The van der Waals surface area contributed by atoms with Crippen LogP contribution >= 0.6 is 0 Å². The Bertz CT molecular complexity index is 885. The molecule has 1 fully saturated rings. The minimum Gasteiger partial charge on any atom is -0.490 e. The van der Waals surface area contributed by atoms with Crippen LogP contribution in [0.1, 0.15) is 37.8 Å². The largest absolute Gasteiger partial charge is 0.490 e. The van der Waals surface area contributed by atoms with Crippen molar-refractivity contribution < 1.29 is 22.1 Å². The molecule has 0 unspecified atom stereocenters. The first-order valence-corrected chi connectivity index (χ1v) is 10.6. The molecular weight excluding hydrogens is 370 g/mol. The predicted octanol–water partition coefficient (Wildman–Crippen LogP) is 1.46. The van der Waals surface area contributed by atoms with Crippen LogP contribution in [0.3, 0.4) is 0 Å². The van der Waals surface area contributed by atoms with Crippen LogP contribution in [0.5, 0.6) is 5.75 Å². The second kappa shape index (κ2) is 7.09. The van der Waals surface area contributed by atoms with Crippen LogP contribution in [0, 0.1) is 22.7 Å². The molecule has 0 radical (unpaired) electrons. The molecule has 3 rings (SSSR count). The molecule has 146 valence electrons. The lowest BCUT2D eigenvalue weighted by atomic mass is 9.65. The lowest BCUT2D eigenvalue weighted by Crippen LogP contribution is -2.50. The van der Waals surface area contributed by atoms with E-state index >= 15 is 0 Å². The normalized spacial score (nSPS) is 22.7. The van der Waals surface area contributed by atoms with Gasteiger partial charge in [-0.1, -0.05) is 13.8 Å². The third-order valence-electron chi connectivity index (χ3n) is 5.32. The summed E-state index contributed by atoms with van der Waals surface area (Å²) in [7, 11) is -3.48. The van der Waals surface area contributed by atoms with Crippen LogP contribution in [0.4, 0.5) is 0 Å². The highest BCUT2D eigenvalue weighted by Crippen LogP contribution is 2.45. The quantitative estimate of drug-likeness (QED) is 0.712. The molecule has 0 aromatic carbocycles. The predicted molar refractivity (Wildman–Crippen MR) is 96.1 cm³/mol. The molecule has 0 bridgehead atoms. The number of hydrogen-bond donors (Lipinski definition) is 0. The van der Waals surface area contributed by atoms with E-state index in [2.05, 4.69) is 11.1 Å². The van der Waals surface area contributed by atoms with Crippen LogP contribution in [0.25, 0.3) is 0 Å². The highest BCUT2D eigenvalue weighted by molar-refractivity contribution is 7.86. The Morgan fingerprint density at radius 3 is 2.74 bits per heavy atom. The number of hydrogen-bond acceptors (Lipinski definition) is 7. The highest BCUT2D eigenvalue weighted by Gasteiger charge is 2.47. The first-order chi connectivity index (χ1) is 12.6. The maximum atomic E-state index is 13.2. The molecule has 2 aliphatic rings. The zero-order chi connectivity index (χ0) is 19.8. The van der Waals surface area contributed by atoms with Gasteiger partial charge in [-0.15, -0.1) is 0 Å². The molecular formula is C18H23N3O5S. The van der Waals surface area contributed by atoms with E-state index in [1.165, 1.54) is 6.20 Å². The van der Waals surface area contributed by atoms with E-state index in [1.54, 1.807) is 11.1 Å². The fraction of sp³-hybridized carbons (Fsp3) is 0.611. The summed E-state index contributed by atoms with van der Waals surface area (Å²) in [6, 6.07) is 2.06. The minimum absolute atomic E-state index is 0.0240. The van der Waals surface area contributed by atoms with Gasteiger partial charge in [-0.2, -0.15) is 13.7 Å². The van der Waals surface area contributed by atoms with Crippen molar-refractivity contribution in [3.63, 3.8) is 0 Å². The summed E-state index contributed by atoms with van der Waals surface area (Å²) < 4.78 is 33.2. The summed E-state index contributed by atoms with van der Waals surface area (Å²) in [6.45, 7) is 4.81. The lowest BCUT2D eigenvalue weighted by molar-refractivity contribution is -0.148. The van der Waals surface area contributed by atoms with Crippen molar-refractivity contribution in [3.05, 3.63) is 23.5 Å². The summed E-state index contributed by atoms with van der Waals surface area (Å²) in [5.41, 5.74) is 0.422. The van der Waals surface area contributed by atoms with Crippen LogP contribution < -0.4 is 4.74 Å². The third kappa shape index (κ3) is 4.06. The first-order valence-electron chi connectivity index (χ1n) is 8.79. The van der Waals surface area contributed by atoms with E-state index in [0.717, 1.165) is 6.26 Å². The van der Waals surface area contributed by atoms with Crippen molar-refractivity contribution in [1.29, 1.82) is 5.26 Å². The Morgan fingerprint density at radius 2 is 2.11 bits per heavy atom. The molecule has 0 atom stereocenters. The maximum Gasteiger partial charge on any atom is 0.264 e. The molecule has 1 aliphatic heterocycles. The van der Waals surface area contributed by atoms with Crippen LogP contribution in [0.2, 0.25) is 0 Å². The van der Waals surface area contributed by atoms with Crippen molar-refractivity contribution >= 4 is 16.0 Å². The molecule has 1 aliphatic carbocycles. The molecule has 1 saturated carbocycles. The standard InChI is InChI=1S/C18H23N3O5S/c1-18(2,14-6-15(7-14)26-27(3,23)24)17(22)21-4-5-25-16-12(8-19)9-20-10-13(16)11-21/h9-10,14-15H,4-7,11H2,1-3H3. The smallest absolute Gasteiger partial charge is 0.264 e. The van der Waals surface area contributed by atoms with E-state index in [4.69, 9.17) is 8.92 Å². The SMILES string of the molecule is CC(C)(C(=O)N1CCOc2c(C#N)cncc2C1)C1CC(OS(C)(=O)=O)C1. The van der Waals surface area contributed by atoms with Gasteiger partial charge in [0.25, 0.3) is 10.1 Å². The molecule has 1 amide bonds. The fourth-order valence-electron chi connectivity index (χ4n) is 3.63. The Kier molecular flexibility index (Phi) is 5.14. The minimum atomic E-state index is -3.48. The molecule has 8 nitrogen and oxygen atoms in total. The molecule has 0 spiro atoms. The highest BCUT2D eigenvalue weighted by atomic mass is 32.2. The average Bonchev–Trinajstić information content (AvgIpc) is 2.78. The number of ether oxygens (including phenoxy) is 1. The number of fused-ring (bicyclic) bond motifs is 1. The van der Waals surface area contributed by atoms with Gasteiger partial charge in [0.1, 0.15) is 24.0 Å². The van der Waals surface area contributed by atoms with Gasteiger partial charge in [0.2, 0.25) is 5.91 Å². The zero-order valence-electron chi connectivity index (χ0n) is 15.6. The van der Waals surface area contributed by atoms with E-state index < -0.39 is 15.5 Å². The summed E-state index contributed by atoms with van der Waals surface area (Å²) in [6.07, 6.45) is 4.83. The molecule has 1 aromatic heterocycles. The van der Waals surface area contributed by atoms with Crippen molar-refractivity contribution in [2.75, 3.05) is 19.4 Å². The van der Waals surface area contributed by atoms with Crippen molar-refractivity contribution in [2.45, 2.75) is 39.3 Å². The summed E-state index contributed by atoms with van der Waals surface area (Å²) in [4.78, 5) is 19.0. The van der Waals surface area contributed by atoms with Gasteiger partial charge < -0.3 is 9.64 Å². The van der Waals surface area contributed by atoms with Gasteiger partial charge in [0.15, 0.2) is 0 Å². The fourth-order valence-corrected chi connectivity index (χ4v) is 4.28. The summed E-state index contributed by atoms with van der Waals surface area (Å²) in [5, 5.41) is 9.20. The second-order valence-electron chi connectivity index (χ2n) is 7.67. The lowest BCUT2D eigenvalue weighted by Gasteiger charge is -2.45. The Morgan fingerprint density at radius 1 is 1.41 bits per heavy atom. The van der Waals surface area contributed by atoms with E-state index in [1.807, 2.05) is 13.8 Å². The van der Waals surface area contributed by atoms with Crippen LogP contribution in [-0.2, 0) is 25.6 Å². The van der Waals surface area contributed by atoms with Crippen LogP contribution in [-0.4, -0.2) is 49.7 Å². The van der Waals surface area contributed by atoms with E-state index in [-0.39, 0.29) is 17.9 Å². The Balaban J connectivity index is 1.71. The van der Waals surface area contributed by atoms with Gasteiger partial charge in [-0.05, 0) is 18.8 Å². The summed E-state index contributed by atoms with van der Waals surface area (Å²) in [5.74, 6) is 0.513. The molecule has 2 heterocycles. The number of rotatable bonds is 4. The van der Waals surface area contributed by atoms with Gasteiger partial charge in [-0.25, -0.2) is 0 Å². The second-order valence-corrected chi connectivity index (χ2v) is 9.28. The Labute approximate surface area is 159 Å². The molecule has 27 heavy (non-hydrogen) atoms. The molecule has 9 heteroatoms. The number of amides is 1. The number of carbonyl (C=O) groups is 1. The number of pyridine rings is 1. The first kappa shape index (κ1) is 19.6. The topological polar surface area (TPSA) is 110 Å². The maximum absolute atomic E-state index is 13.2. The van der Waals surface area contributed by atoms with Crippen molar-refractivity contribution in [1.82, 2.24) is 9.88 Å². The van der Waals surface area contributed by atoms with Crippen LogP contribution in [0.15, 0.2) is 12.4 Å². The van der Waals surface area contributed by atoms with E-state index in [9.17, 15) is 18.5 Å². The van der Waals surface area contributed by atoms with Crippen molar-refractivity contribution in [3.8, 4) is 11.8 Å². The summed E-state index contributed by atoms with van der Waals surface area (Å²) >= 11 is 0. The average molecular weight is 393 g/mol. The van der Waals surface area contributed by atoms with Crippen molar-refractivity contribution in [2.24, 2.45) is 11.3 Å². The monoisotopic (exact) mass is 393 g/mol. The Hall–Kier alpha value is -2.18. The third-order valence-corrected chi connectivity index (χ3v) is 5.95. The van der Waals surface area contributed by atoms with Gasteiger partial charge in [0.05, 0.1) is 25.4 Å². The molecule has 0 N–H and O–H groups in total. The van der Waals surface area contributed by atoms with Gasteiger partial charge >= 0.3 is 0 Å². The zero-order valence-corrected chi connectivity index (χ0v) is 16.5. The van der Waals surface area contributed by atoms with E-state index in [0.29, 0.717) is 49.4 Å².